The van der Waals surface area contributed by atoms with Gasteiger partial charge in [0.05, 0.1) is 23.8 Å². The second-order valence-corrected chi connectivity index (χ2v) is 22.9. The second kappa shape index (κ2) is 16.3. The molecule has 2 aromatic carbocycles. The first-order valence-corrected chi connectivity index (χ1v) is 22.8. The molecule has 57 heavy (non-hydrogen) atoms. The van der Waals surface area contributed by atoms with Crippen LogP contribution in [0.15, 0.2) is 24.3 Å². The van der Waals surface area contributed by atoms with Gasteiger partial charge in [-0.15, -0.1) is 5.54 Å². The number of benzene rings is 2. The van der Waals surface area contributed by atoms with Crippen molar-refractivity contribution in [3.63, 3.8) is 0 Å². The fraction of sp³-hybridized carbons (Fsp3) is 0.568. The lowest BCUT2D eigenvalue weighted by Gasteiger charge is -2.38. The van der Waals surface area contributed by atoms with Gasteiger partial charge in [-0.25, -0.2) is 18.2 Å². The average Bonchev–Trinajstić information content (AvgIpc) is 3.53. The number of phenols is 1. The Hall–Kier alpha value is -4.12. The van der Waals surface area contributed by atoms with Crippen molar-refractivity contribution in [1.82, 2.24) is 19.9 Å². The fourth-order valence-electron chi connectivity index (χ4n) is 9.83. The Morgan fingerprint density at radius 3 is 2.42 bits per heavy atom. The molecule has 13 heteroatoms. The molecule has 0 bridgehead atoms. The van der Waals surface area contributed by atoms with Crippen LogP contribution >= 0.6 is 0 Å². The van der Waals surface area contributed by atoms with Crippen molar-refractivity contribution in [2.75, 3.05) is 50.9 Å². The van der Waals surface area contributed by atoms with E-state index in [1.807, 2.05) is 18.7 Å². The number of alkyl halides is 1. The first-order chi connectivity index (χ1) is 27.1. The number of pyridine rings is 1. The van der Waals surface area contributed by atoms with Crippen molar-refractivity contribution in [2.45, 2.75) is 116 Å². The molecule has 2 aromatic heterocycles. The van der Waals surface area contributed by atoms with Crippen LogP contribution in [0.25, 0.3) is 32.9 Å². The Labute approximate surface area is 335 Å². The monoisotopic (exact) mass is 803 g/mol. The van der Waals surface area contributed by atoms with Gasteiger partial charge in [0.2, 0.25) is 5.88 Å². The van der Waals surface area contributed by atoms with Gasteiger partial charge in [0.1, 0.15) is 54.8 Å². The number of rotatable bonds is 10. The first-order valence-electron chi connectivity index (χ1n) is 20.6. The molecule has 0 saturated carbocycles. The summed E-state index contributed by atoms with van der Waals surface area (Å²) < 4.78 is 67.1. The molecule has 0 spiro atoms. The van der Waals surface area contributed by atoms with Crippen LogP contribution < -0.4 is 14.4 Å². The Morgan fingerprint density at radius 1 is 0.947 bits per heavy atom. The van der Waals surface area contributed by atoms with Crippen molar-refractivity contribution < 1.29 is 32.5 Å². The van der Waals surface area contributed by atoms with Gasteiger partial charge in [-0.1, -0.05) is 53.5 Å². The lowest BCUT2D eigenvalue weighted by atomic mass is 9.95. The van der Waals surface area contributed by atoms with Crippen LogP contribution in [-0.2, 0) is 4.74 Å². The molecule has 2 atom stereocenters. The summed E-state index contributed by atoms with van der Waals surface area (Å²) in [4.78, 5) is 18.6. The van der Waals surface area contributed by atoms with Crippen LogP contribution in [0.1, 0.15) is 86.6 Å². The molecule has 0 amide bonds. The number of anilines is 1. The van der Waals surface area contributed by atoms with Crippen molar-refractivity contribution in [2.24, 2.45) is 0 Å². The zero-order valence-electron chi connectivity index (χ0n) is 34.5. The van der Waals surface area contributed by atoms with E-state index < -0.39 is 31.4 Å². The van der Waals surface area contributed by atoms with Gasteiger partial charge in [-0.3, -0.25) is 4.90 Å². The maximum Gasteiger partial charge on any atom is 0.319 e. The summed E-state index contributed by atoms with van der Waals surface area (Å²) in [5.74, 6) is 2.26. The molecule has 3 aliphatic heterocycles. The Kier molecular flexibility index (Phi) is 11.7. The Bertz CT molecular complexity index is 2180. The topological polar surface area (TPSA) is 93.1 Å². The number of halogens is 3. The average molecular weight is 804 g/mol. The lowest BCUT2D eigenvalue weighted by Crippen LogP contribution is -2.43. The highest BCUT2D eigenvalue weighted by atomic mass is 28.3. The molecule has 4 aromatic rings. The zero-order valence-corrected chi connectivity index (χ0v) is 35.5. The highest BCUT2D eigenvalue weighted by molar-refractivity contribution is 6.90. The normalized spacial score (nSPS) is 20.5. The van der Waals surface area contributed by atoms with E-state index in [1.165, 1.54) is 18.2 Å². The SMILES string of the molecule is CC(C)Oc1nc(-c2cc(O)cc3ccc(F)c(C#C[Si](C(C)C)(C(C)C)C(C)C)c23)c(F)c2nc(OC[C@@]34CCCN3C[C@H](F)C4)nc(N3CCCOCC3)c12. The van der Waals surface area contributed by atoms with E-state index in [-0.39, 0.29) is 58.1 Å². The minimum absolute atomic E-state index is 0.0477. The first kappa shape index (κ1) is 41.1. The molecule has 0 aliphatic carbocycles. The molecular weight excluding hydrogens is 748 g/mol. The zero-order chi connectivity index (χ0) is 40.8. The van der Waals surface area contributed by atoms with Gasteiger partial charge in [0, 0.05) is 43.6 Å². The Balaban J connectivity index is 1.48. The largest absolute Gasteiger partial charge is 0.508 e. The fourth-order valence-corrected chi connectivity index (χ4v) is 15.0. The third-order valence-corrected chi connectivity index (χ3v) is 18.7. The second-order valence-electron chi connectivity index (χ2n) is 17.3. The number of aromatic hydroxyl groups is 1. The minimum Gasteiger partial charge on any atom is -0.508 e. The third-order valence-electron chi connectivity index (χ3n) is 12.4. The van der Waals surface area contributed by atoms with E-state index in [2.05, 4.69) is 57.9 Å². The Morgan fingerprint density at radius 2 is 1.70 bits per heavy atom. The molecule has 1 N–H and O–H groups in total. The molecule has 0 unspecified atom stereocenters. The molecule has 7 rings (SSSR count). The molecule has 0 radical (unpaired) electrons. The maximum atomic E-state index is 17.7. The van der Waals surface area contributed by atoms with Crippen LogP contribution in [0.2, 0.25) is 16.6 Å². The molecule has 306 valence electrons. The molecular formula is C44H56F3N5O4Si. The molecule has 5 heterocycles. The van der Waals surface area contributed by atoms with E-state index in [1.54, 1.807) is 6.07 Å². The smallest absolute Gasteiger partial charge is 0.319 e. The van der Waals surface area contributed by atoms with Crippen LogP contribution in [0.5, 0.6) is 17.6 Å². The van der Waals surface area contributed by atoms with Crippen molar-refractivity contribution >= 4 is 35.6 Å². The number of fused-ring (bicyclic) bond motifs is 3. The van der Waals surface area contributed by atoms with Gasteiger partial charge < -0.3 is 24.2 Å². The lowest BCUT2D eigenvalue weighted by molar-refractivity contribution is 0.107. The minimum atomic E-state index is -2.32. The summed E-state index contributed by atoms with van der Waals surface area (Å²) in [5.41, 5.74) is 4.04. The van der Waals surface area contributed by atoms with Crippen LogP contribution in [0.4, 0.5) is 19.0 Å². The number of hydrogen-bond donors (Lipinski definition) is 1. The summed E-state index contributed by atoms with van der Waals surface area (Å²) in [5, 5.41) is 12.2. The van der Waals surface area contributed by atoms with E-state index in [0.29, 0.717) is 78.9 Å². The van der Waals surface area contributed by atoms with Crippen LogP contribution in [0.3, 0.4) is 0 Å². The van der Waals surface area contributed by atoms with Gasteiger partial charge >= 0.3 is 6.01 Å². The molecule has 3 aliphatic rings. The molecule has 3 fully saturated rings. The van der Waals surface area contributed by atoms with Gasteiger partial charge in [0.25, 0.3) is 0 Å². The summed E-state index contributed by atoms with van der Waals surface area (Å²) in [6, 6.07) is 5.77. The molecule has 9 nitrogen and oxygen atoms in total. The summed E-state index contributed by atoms with van der Waals surface area (Å²) in [6.07, 6.45) is 1.47. The van der Waals surface area contributed by atoms with E-state index >= 15 is 8.78 Å². The van der Waals surface area contributed by atoms with Crippen molar-refractivity contribution in [3.8, 4) is 40.4 Å². The standard InChI is InChI=1S/C44H56F3N5O4Si/c1-26(2)56-42-37-40(49-43(50-41(37)51-15-10-18-54-19-17-51)55-25-44-14-9-16-52(44)24-31(45)23-44)38(47)39(48-42)34-22-32(53)21-30-11-12-35(46)33(36(30)34)13-20-57(27(3)4,28(5)6)29(7)8/h11-12,21-22,26-29,31,53H,9-10,14-19,23-25H2,1-8H3/t31-,44+/m1/s1. The highest BCUT2D eigenvalue weighted by Gasteiger charge is 2.49. The number of aromatic nitrogens is 3. The number of phenolic OH excluding ortho intramolecular Hbond substituents is 1. The van der Waals surface area contributed by atoms with Crippen molar-refractivity contribution in [3.05, 3.63) is 41.5 Å². The number of hydrogen-bond acceptors (Lipinski definition) is 9. The summed E-state index contributed by atoms with van der Waals surface area (Å²) in [6.45, 7) is 20.2. The van der Waals surface area contributed by atoms with E-state index in [0.717, 1.165) is 19.4 Å². The third kappa shape index (κ3) is 7.65. The number of ether oxygens (including phenoxy) is 3. The number of nitrogens with zero attached hydrogens (tertiary/aromatic N) is 5. The maximum absolute atomic E-state index is 17.7. The van der Waals surface area contributed by atoms with Crippen molar-refractivity contribution in [1.29, 1.82) is 0 Å². The molecule has 3 saturated heterocycles. The van der Waals surface area contributed by atoms with Gasteiger partial charge in [-0.2, -0.15) is 9.97 Å². The quantitative estimate of drug-likeness (QED) is 0.124. The predicted molar refractivity (Wildman–Crippen MR) is 222 cm³/mol. The van der Waals surface area contributed by atoms with E-state index in [9.17, 15) is 9.50 Å². The summed E-state index contributed by atoms with van der Waals surface area (Å²) >= 11 is 0. The summed E-state index contributed by atoms with van der Waals surface area (Å²) in [7, 11) is -2.32. The van der Waals surface area contributed by atoms with Gasteiger partial charge in [0.15, 0.2) is 5.82 Å². The van der Waals surface area contributed by atoms with Crippen LogP contribution in [-0.4, -0.2) is 96.8 Å². The predicted octanol–water partition coefficient (Wildman–Crippen LogP) is 9.37. The van der Waals surface area contributed by atoms with Gasteiger partial charge in [-0.05, 0) is 79.9 Å². The van der Waals surface area contributed by atoms with Crippen LogP contribution in [0, 0.1) is 23.1 Å². The highest BCUT2D eigenvalue weighted by Crippen LogP contribution is 2.45. The van der Waals surface area contributed by atoms with E-state index in [4.69, 9.17) is 29.2 Å².